The highest BCUT2D eigenvalue weighted by atomic mass is 35.5. The van der Waals surface area contributed by atoms with Gasteiger partial charge in [-0.25, -0.2) is 0 Å². The second kappa shape index (κ2) is 7.23. The number of hydrogen-bond donors (Lipinski definition) is 2. The summed E-state index contributed by atoms with van der Waals surface area (Å²) < 4.78 is 7.52. The SMILES string of the molecule is Cn1c2c(c3c(OCC#N)cc(Cl)c(Cl)c31)CC(=O)NC[C@H]2CC(C)(C)O. The van der Waals surface area contributed by atoms with Crippen LogP contribution in [0.25, 0.3) is 10.9 Å². The maximum Gasteiger partial charge on any atom is 0.224 e. The molecule has 0 bridgehead atoms. The second-order valence-electron chi connectivity index (χ2n) is 7.46. The average molecular weight is 410 g/mol. The smallest absolute Gasteiger partial charge is 0.224 e. The van der Waals surface area contributed by atoms with Crippen LogP contribution in [0.5, 0.6) is 5.75 Å². The number of aromatic nitrogens is 1. The van der Waals surface area contributed by atoms with Gasteiger partial charge in [0.25, 0.3) is 0 Å². The van der Waals surface area contributed by atoms with Crippen LogP contribution < -0.4 is 10.1 Å². The summed E-state index contributed by atoms with van der Waals surface area (Å²) in [5.74, 6) is 0.205. The minimum Gasteiger partial charge on any atom is -0.478 e. The van der Waals surface area contributed by atoms with Crippen molar-refractivity contribution in [3.8, 4) is 11.8 Å². The fourth-order valence-corrected chi connectivity index (χ4v) is 4.36. The molecular weight excluding hydrogens is 389 g/mol. The Morgan fingerprint density at radius 1 is 1.48 bits per heavy atom. The normalized spacial score (nSPS) is 17.2. The largest absolute Gasteiger partial charge is 0.478 e. The Morgan fingerprint density at radius 3 is 2.81 bits per heavy atom. The molecule has 0 saturated heterocycles. The first kappa shape index (κ1) is 19.8. The van der Waals surface area contributed by atoms with Crippen molar-refractivity contribution in [3.63, 3.8) is 0 Å². The maximum absolute atomic E-state index is 12.4. The van der Waals surface area contributed by atoms with Crippen LogP contribution in [0.4, 0.5) is 0 Å². The second-order valence-corrected chi connectivity index (χ2v) is 8.24. The molecule has 0 aliphatic carbocycles. The average Bonchev–Trinajstić information content (AvgIpc) is 2.75. The minimum absolute atomic E-state index is 0.109. The summed E-state index contributed by atoms with van der Waals surface area (Å²) in [4.78, 5) is 12.4. The number of benzene rings is 1. The number of aliphatic hydroxyl groups is 1. The number of nitriles is 1. The highest BCUT2D eigenvalue weighted by Gasteiger charge is 2.33. The lowest BCUT2D eigenvalue weighted by atomic mass is 9.89. The van der Waals surface area contributed by atoms with Gasteiger partial charge in [-0.3, -0.25) is 4.79 Å². The third kappa shape index (κ3) is 3.73. The van der Waals surface area contributed by atoms with Crippen LogP contribution in [0.2, 0.25) is 10.0 Å². The molecule has 2 N–H and O–H groups in total. The molecule has 1 aromatic carbocycles. The molecule has 1 aliphatic heterocycles. The number of carbonyl (C=O) groups excluding carboxylic acids is 1. The highest BCUT2D eigenvalue weighted by Crippen LogP contribution is 2.45. The van der Waals surface area contributed by atoms with Gasteiger partial charge in [-0.05, 0) is 25.8 Å². The van der Waals surface area contributed by atoms with E-state index < -0.39 is 5.60 Å². The zero-order chi connectivity index (χ0) is 19.9. The molecule has 0 fully saturated rings. The van der Waals surface area contributed by atoms with Gasteiger partial charge < -0.3 is 19.7 Å². The van der Waals surface area contributed by atoms with Gasteiger partial charge in [-0.2, -0.15) is 5.26 Å². The third-order valence-corrected chi connectivity index (χ3v) is 5.55. The van der Waals surface area contributed by atoms with E-state index in [0.717, 1.165) is 11.3 Å². The summed E-state index contributed by atoms with van der Waals surface area (Å²) >= 11 is 12.8. The molecule has 2 heterocycles. The Kier molecular flexibility index (Phi) is 5.31. The van der Waals surface area contributed by atoms with Crippen LogP contribution in [0.1, 0.15) is 37.4 Å². The van der Waals surface area contributed by atoms with Crippen molar-refractivity contribution >= 4 is 40.0 Å². The number of rotatable bonds is 4. The van der Waals surface area contributed by atoms with Crippen LogP contribution in [-0.2, 0) is 18.3 Å². The first-order valence-corrected chi connectivity index (χ1v) is 9.37. The van der Waals surface area contributed by atoms with E-state index >= 15 is 0 Å². The lowest BCUT2D eigenvalue weighted by Crippen LogP contribution is -2.31. The summed E-state index contributed by atoms with van der Waals surface area (Å²) in [7, 11) is 1.87. The molecule has 1 amide bonds. The number of ether oxygens (including phenoxy) is 1. The van der Waals surface area contributed by atoms with E-state index in [4.69, 9.17) is 33.2 Å². The first-order valence-electron chi connectivity index (χ1n) is 8.62. The fourth-order valence-electron chi connectivity index (χ4n) is 3.90. The minimum atomic E-state index is -0.908. The molecule has 8 heteroatoms. The van der Waals surface area contributed by atoms with Gasteiger partial charge in [0.05, 0.1) is 27.6 Å². The molecule has 0 spiro atoms. The van der Waals surface area contributed by atoms with Crippen molar-refractivity contribution in [1.82, 2.24) is 9.88 Å². The van der Waals surface area contributed by atoms with E-state index in [9.17, 15) is 9.90 Å². The molecule has 0 radical (unpaired) electrons. The predicted octanol–water partition coefficient (Wildman–Crippen LogP) is 3.30. The number of hydrogen-bond acceptors (Lipinski definition) is 4. The summed E-state index contributed by atoms with van der Waals surface area (Å²) in [6.07, 6.45) is 0.625. The van der Waals surface area contributed by atoms with Gasteiger partial charge in [0, 0.05) is 36.7 Å². The third-order valence-electron chi connectivity index (χ3n) is 4.77. The summed E-state index contributed by atoms with van der Waals surface area (Å²) in [5, 5.41) is 23.5. The molecule has 0 saturated carbocycles. The van der Waals surface area contributed by atoms with Gasteiger partial charge in [-0.1, -0.05) is 23.2 Å². The Labute approximate surface area is 167 Å². The number of nitrogens with one attached hydrogen (secondary N) is 1. The van der Waals surface area contributed by atoms with Crippen molar-refractivity contribution in [2.75, 3.05) is 13.2 Å². The van der Waals surface area contributed by atoms with E-state index in [1.54, 1.807) is 19.9 Å². The van der Waals surface area contributed by atoms with Crippen molar-refractivity contribution in [3.05, 3.63) is 27.4 Å². The summed E-state index contributed by atoms with van der Waals surface area (Å²) in [5.41, 5.74) is 1.46. The summed E-state index contributed by atoms with van der Waals surface area (Å²) in [6, 6.07) is 3.53. The van der Waals surface area contributed by atoms with E-state index in [1.807, 2.05) is 17.7 Å². The van der Waals surface area contributed by atoms with E-state index in [-0.39, 0.29) is 24.9 Å². The van der Waals surface area contributed by atoms with Crippen molar-refractivity contribution in [2.24, 2.45) is 7.05 Å². The zero-order valence-corrected chi connectivity index (χ0v) is 16.9. The van der Waals surface area contributed by atoms with Gasteiger partial charge in [-0.15, -0.1) is 0 Å². The molecular formula is C19H21Cl2N3O3. The number of amides is 1. The van der Waals surface area contributed by atoms with E-state index in [1.165, 1.54) is 0 Å². The predicted molar refractivity (Wildman–Crippen MR) is 104 cm³/mol. The molecule has 144 valence electrons. The molecule has 27 heavy (non-hydrogen) atoms. The van der Waals surface area contributed by atoms with Crippen LogP contribution in [0, 0.1) is 11.3 Å². The topological polar surface area (TPSA) is 87.3 Å². The van der Waals surface area contributed by atoms with Crippen molar-refractivity contribution < 1.29 is 14.6 Å². The van der Waals surface area contributed by atoms with Gasteiger partial charge in [0.15, 0.2) is 6.61 Å². The molecule has 1 atom stereocenters. The summed E-state index contributed by atoms with van der Waals surface area (Å²) in [6.45, 7) is 3.76. The van der Waals surface area contributed by atoms with Crippen LogP contribution in [0.3, 0.4) is 0 Å². The van der Waals surface area contributed by atoms with Crippen LogP contribution in [0.15, 0.2) is 6.07 Å². The lowest BCUT2D eigenvalue weighted by Gasteiger charge is -2.25. The van der Waals surface area contributed by atoms with Gasteiger partial charge >= 0.3 is 0 Å². The highest BCUT2D eigenvalue weighted by molar-refractivity contribution is 6.45. The quantitative estimate of drug-likeness (QED) is 0.810. The first-order chi connectivity index (χ1) is 12.6. The molecule has 1 aromatic heterocycles. The van der Waals surface area contributed by atoms with E-state index in [2.05, 4.69) is 5.32 Å². The molecule has 3 rings (SSSR count). The number of nitrogens with zero attached hydrogens (tertiary/aromatic N) is 2. The fraction of sp³-hybridized carbons (Fsp3) is 0.474. The Bertz CT molecular complexity index is 954. The Balaban J connectivity index is 2.32. The van der Waals surface area contributed by atoms with Crippen LogP contribution in [-0.4, -0.2) is 34.3 Å². The monoisotopic (exact) mass is 409 g/mol. The number of carbonyl (C=O) groups is 1. The Hall–Kier alpha value is -1.94. The zero-order valence-electron chi connectivity index (χ0n) is 15.4. The Morgan fingerprint density at radius 2 is 2.19 bits per heavy atom. The molecule has 6 nitrogen and oxygen atoms in total. The molecule has 2 aromatic rings. The number of aryl methyl sites for hydroxylation is 1. The number of fused-ring (bicyclic) bond motifs is 3. The van der Waals surface area contributed by atoms with E-state index in [0.29, 0.717) is 39.7 Å². The van der Waals surface area contributed by atoms with Gasteiger partial charge in [0.1, 0.15) is 11.8 Å². The molecule has 0 unspecified atom stereocenters. The molecule has 1 aliphatic rings. The van der Waals surface area contributed by atoms with Crippen molar-refractivity contribution in [1.29, 1.82) is 5.26 Å². The standard InChI is InChI=1S/C19H21Cl2N3O3/c1-19(2,26)8-10-9-23-14(25)6-11-15-13(27-5-4-22)7-12(20)16(21)18(15)24(3)17(10)11/h7,10,26H,5-6,8-9H2,1-3H3,(H,23,25)/t10-/m1/s1. The van der Waals surface area contributed by atoms with Crippen molar-refractivity contribution in [2.45, 2.75) is 38.2 Å². The van der Waals surface area contributed by atoms with Crippen LogP contribution >= 0.6 is 23.2 Å². The number of halogens is 2. The van der Waals surface area contributed by atoms with Gasteiger partial charge in [0.2, 0.25) is 5.91 Å². The lowest BCUT2D eigenvalue weighted by molar-refractivity contribution is -0.120. The maximum atomic E-state index is 12.4.